The van der Waals surface area contributed by atoms with Gasteiger partial charge in [0, 0.05) is 11.3 Å². The molecule has 2 N–H and O–H groups in total. The lowest BCUT2D eigenvalue weighted by molar-refractivity contribution is 0.306. The van der Waals surface area contributed by atoms with Gasteiger partial charge in [-0.05, 0) is 54.7 Å². The molecule has 0 aliphatic heterocycles. The van der Waals surface area contributed by atoms with Crippen LogP contribution in [0.4, 0.5) is 10.1 Å². The number of aryl methyl sites for hydroxylation is 2. The molecule has 0 atom stereocenters. The van der Waals surface area contributed by atoms with Crippen LogP contribution in [0, 0.1) is 5.82 Å². The van der Waals surface area contributed by atoms with E-state index >= 15 is 0 Å². The Morgan fingerprint density at radius 3 is 2.74 bits per heavy atom. The highest BCUT2D eigenvalue weighted by Crippen LogP contribution is 2.26. The van der Waals surface area contributed by atoms with Crippen LogP contribution in [0.2, 0.25) is 0 Å². The van der Waals surface area contributed by atoms with Crippen molar-refractivity contribution >= 4 is 5.69 Å². The number of benzene rings is 2. The highest BCUT2D eigenvalue weighted by molar-refractivity contribution is 5.47. The molecule has 0 radical (unpaired) electrons. The molecule has 2 aromatic carbocycles. The summed E-state index contributed by atoms with van der Waals surface area (Å²) in [5, 5.41) is 0. The summed E-state index contributed by atoms with van der Waals surface area (Å²) in [5.74, 6) is 0.531. The molecule has 3 heteroatoms. The molecule has 2 aromatic rings. The van der Waals surface area contributed by atoms with Crippen molar-refractivity contribution in [3.05, 3.63) is 58.9 Å². The van der Waals surface area contributed by atoms with E-state index in [1.165, 1.54) is 36.1 Å². The summed E-state index contributed by atoms with van der Waals surface area (Å²) in [7, 11) is 0. The van der Waals surface area contributed by atoms with Crippen molar-refractivity contribution in [2.45, 2.75) is 25.9 Å². The Hall–Kier alpha value is -2.03. The van der Waals surface area contributed by atoms with Crippen LogP contribution in [-0.2, 0) is 19.4 Å². The van der Waals surface area contributed by atoms with Crippen molar-refractivity contribution in [2.24, 2.45) is 0 Å². The van der Waals surface area contributed by atoms with Crippen LogP contribution in [0.25, 0.3) is 0 Å². The minimum absolute atomic E-state index is 0.321. The molecule has 0 unspecified atom stereocenters. The topological polar surface area (TPSA) is 35.2 Å². The van der Waals surface area contributed by atoms with E-state index in [2.05, 4.69) is 12.1 Å². The molecule has 0 bridgehead atoms. The van der Waals surface area contributed by atoms with Crippen molar-refractivity contribution in [3.63, 3.8) is 0 Å². The molecule has 19 heavy (non-hydrogen) atoms. The van der Waals surface area contributed by atoms with E-state index in [4.69, 9.17) is 10.5 Å². The fourth-order valence-corrected chi connectivity index (χ4v) is 2.50. The Balaban J connectivity index is 1.72. The van der Waals surface area contributed by atoms with Gasteiger partial charge in [-0.3, -0.25) is 0 Å². The number of anilines is 1. The summed E-state index contributed by atoms with van der Waals surface area (Å²) in [6, 6.07) is 10.6. The second-order valence-electron chi connectivity index (χ2n) is 4.92. The summed E-state index contributed by atoms with van der Waals surface area (Å²) in [4.78, 5) is 0. The molecule has 2 nitrogen and oxygen atoms in total. The maximum absolute atomic E-state index is 12.9. The molecule has 0 heterocycles. The Morgan fingerprint density at radius 2 is 1.89 bits per heavy atom. The molecule has 1 aliphatic carbocycles. The standard InChI is InChI=1S/C16H16FNO/c17-14-6-4-13(16(18)9-14)10-19-15-7-5-11-2-1-3-12(11)8-15/h4-9H,1-3,10,18H2. The first-order valence-corrected chi connectivity index (χ1v) is 6.51. The number of ether oxygens (including phenoxy) is 1. The van der Waals surface area contributed by atoms with E-state index in [-0.39, 0.29) is 5.82 Å². The quantitative estimate of drug-likeness (QED) is 0.854. The molecule has 0 amide bonds. The molecule has 0 fully saturated rings. The molecule has 98 valence electrons. The summed E-state index contributed by atoms with van der Waals surface area (Å²) >= 11 is 0. The fourth-order valence-electron chi connectivity index (χ4n) is 2.50. The van der Waals surface area contributed by atoms with E-state index in [0.717, 1.165) is 17.7 Å². The lowest BCUT2D eigenvalue weighted by Crippen LogP contribution is -2.01. The zero-order valence-corrected chi connectivity index (χ0v) is 10.7. The van der Waals surface area contributed by atoms with Crippen LogP contribution in [0.5, 0.6) is 5.75 Å². The van der Waals surface area contributed by atoms with Gasteiger partial charge in [-0.15, -0.1) is 0 Å². The molecule has 0 spiro atoms. The molecule has 1 aliphatic rings. The third kappa shape index (κ3) is 2.55. The second kappa shape index (κ2) is 4.92. The predicted molar refractivity (Wildman–Crippen MR) is 73.6 cm³/mol. The number of halogens is 1. The van der Waals surface area contributed by atoms with Crippen molar-refractivity contribution in [3.8, 4) is 5.75 Å². The molecular weight excluding hydrogens is 241 g/mol. The first-order valence-electron chi connectivity index (χ1n) is 6.51. The summed E-state index contributed by atoms with van der Waals surface area (Å²) in [6.45, 7) is 0.366. The number of rotatable bonds is 3. The van der Waals surface area contributed by atoms with Gasteiger partial charge in [-0.25, -0.2) is 4.39 Å². The lowest BCUT2D eigenvalue weighted by Gasteiger charge is -2.10. The minimum Gasteiger partial charge on any atom is -0.489 e. The van der Waals surface area contributed by atoms with Crippen LogP contribution in [0.3, 0.4) is 0 Å². The van der Waals surface area contributed by atoms with E-state index in [9.17, 15) is 4.39 Å². The Bertz CT molecular complexity index is 610. The van der Waals surface area contributed by atoms with Crippen LogP contribution in [-0.4, -0.2) is 0 Å². The minimum atomic E-state index is -0.321. The van der Waals surface area contributed by atoms with E-state index in [0.29, 0.717) is 12.3 Å². The monoisotopic (exact) mass is 257 g/mol. The molecule has 3 rings (SSSR count). The van der Waals surface area contributed by atoms with E-state index < -0.39 is 0 Å². The van der Waals surface area contributed by atoms with E-state index in [1.807, 2.05) is 6.07 Å². The average molecular weight is 257 g/mol. The number of nitrogen functional groups attached to an aromatic ring is 1. The Morgan fingerprint density at radius 1 is 1.05 bits per heavy atom. The third-order valence-electron chi connectivity index (χ3n) is 3.57. The van der Waals surface area contributed by atoms with Gasteiger partial charge in [0.15, 0.2) is 0 Å². The van der Waals surface area contributed by atoms with Crippen LogP contribution < -0.4 is 10.5 Å². The second-order valence-corrected chi connectivity index (χ2v) is 4.92. The van der Waals surface area contributed by atoms with Gasteiger partial charge in [-0.1, -0.05) is 12.1 Å². The molecule has 0 saturated carbocycles. The summed E-state index contributed by atoms with van der Waals surface area (Å²) in [6.07, 6.45) is 3.52. The molecular formula is C16H16FNO. The Kier molecular flexibility index (Phi) is 3.11. The summed E-state index contributed by atoms with van der Waals surface area (Å²) in [5.41, 5.74) is 9.80. The number of hydrogen-bond donors (Lipinski definition) is 1. The maximum Gasteiger partial charge on any atom is 0.125 e. The van der Waals surface area contributed by atoms with Crippen molar-refractivity contribution in [2.75, 3.05) is 5.73 Å². The average Bonchev–Trinajstić information content (AvgIpc) is 2.85. The highest BCUT2D eigenvalue weighted by Gasteiger charge is 2.11. The smallest absolute Gasteiger partial charge is 0.125 e. The lowest BCUT2D eigenvalue weighted by atomic mass is 10.1. The predicted octanol–water partition coefficient (Wildman–Crippen LogP) is 3.48. The molecule has 0 saturated heterocycles. The first kappa shape index (κ1) is 12.0. The van der Waals surface area contributed by atoms with Gasteiger partial charge in [0.25, 0.3) is 0 Å². The third-order valence-corrected chi connectivity index (χ3v) is 3.57. The Labute approximate surface area is 112 Å². The zero-order chi connectivity index (χ0) is 13.2. The van der Waals surface area contributed by atoms with Gasteiger partial charge < -0.3 is 10.5 Å². The summed E-state index contributed by atoms with van der Waals surface area (Å²) < 4.78 is 18.7. The van der Waals surface area contributed by atoms with Gasteiger partial charge in [0.1, 0.15) is 18.2 Å². The van der Waals surface area contributed by atoms with Gasteiger partial charge in [0.2, 0.25) is 0 Å². The van der Waals surface area contributed by atoms with Gasteiger partial charge >= 0.3 is 0 Å². The normalized spacial score (nSPS) is 13.3. The van der Waals surface area contributed by atoms with Crippen molar-refractivity contribution in [1.82, 2.24) is 0 Å². The highest BCUT2D eigenvalue weighted by atomic mass is 19.1. The van der Waals surface area contributed by atoms with Gasteiger partial charge in [0.05, 0.1) is 0 Å². The fraction of sp³-hybridized carbons (Fsp3) is 0.250. The number of hydrogen-bond acceptors (Lipinski definition) is 2. The number of nitrogens with two attached hydrogens (primary N) is 1. The van der Waals surface area contributed by atoms with Crippen molar-refractivity contribution < 1.29 is 9.13 Å². The zero-order valence-electron chi connectivity index (χ0n) is 10.7. The van der Waals surface area contributed by atoms with Gasteiger partial charge in [-0.2, -0.15) is 0 Å². The first-order chi connectivity index (χ1) is 9.22. The molecule has 0 aromatic heterocycles. The van der Waals surface area contributed by atoms with Crippen LogP contribution in [0.1, 0.15) is 23.1 Å². The number of fused-ring (bicyclic) bond motifs is 1. The van der Waals surface area contributed by atoms with Crippen LogP contribution >= 0.6 is 0 Å². The SMILES string of the molecule is Nc1cc(F)ccc1COc1ccc2c(c1)CCC2. The van der Waals surface area contributed by atoms with Crippen molar-refractivity contribution in [1.29, 1.82) is 0 Å². The van der Waals surface area contributed by atoms with E-state index in [1.54, 1.807) is 6.07 Å². The van der Waals surface area contributed by atoms with Crippen LogP contribution in [0.15, 0.2) is 36.4 Å². The maximum atomic E-state index is 12.9. The largest absolute Gasteiger partial charge is 0.489 e.